The van der Waals surface area contributed by atoms with Crippen LogP contribution in [0.3, 0.4) is 0 Å². The molecule has 0 aromatic heterocycles. The minimum Gasteiger partial charge on any atom is -0.301 e. The molecule has 2 amide bonds. The highest BCUT2D eigenvalue weighted by Crippen LogP contribution is 2.17. The van der Waals surface area contributed by atoms with E-state index in [1.807, 2.05) is 45.0 Å². The number of carbonyl (C=O) groups is 2. The Balaban J connectivity index is 2.00. The van der Waals surface area contributed by atoms with Gasteiger partial charge in [-0.25, -0.2) is 0 Å². The van der Waals surface area contributed by atoms with Crippen molar-refractivity contribution >= 4 is 11.8 Å². The smallest absolute Gasteiger partial charge is 0.247 e. The molecule has 1 aliphatic heterocycles. The quantitative estimate of drug-likeness (QED) is 0.837. The van der Waals surface area contributed by atoms with Crippen LogP contribution in [-0.2, 0) is 16.1 Å². The van der Waals surface area contributed by atoms with E-state index in [1.165, 1.54) is 10.5 Å². The van der Waals surface area contributed by atoms with Crippen molar-refractivity contribution in [3.05, 3.63) is 35.4 Å². The summed E-state index contributed by atoms with van der Waals surface area (Å²) in [6.07, 6.45) is 0.267. The van der Waals surface area contributed by atoms with E-state index in [1.54, 1.807) is 0 Å². The van der Waals surface area contributed by atoms with Gasteiger partial charge >= 0.3 is 0 Å². The minimum atomic E-state index is -0.380. The maximum absolute atomic E-state index is 12.1. The van der Waals surface area contributed by atoms with Gasteiger partial charge in [-0.05, 0) is 31.9 Å². The fraction of sp³-hybridized carbons (Fsp3) is 0.467. The first-order valence-corrected chi connectivity index (χ1v) is 6.64. The molecule has 1 aliphatic rings. The summed E-state index contributed by atoms with van der Waals surface area (Å²) in [6, 6.07) is 7.60. The number of imide groups is 1. The lowest BCUT2D eigenvalue weighted by Crippen LogP contribution is -2.41. The largest absolute Gasteiger partial charge is 0.301 e. The van der Waals surface area contributed by atoms with Gasteiger partial charge in [0.25, 0.3) is 0 Å². The van der Waals surface area contributed by atoms with Crippen LogP contribution in [0, 0.1) is 6.92 Å². The van der Waals surface area contributed by atoms with Gasteiger partial charge in [0, 0.05) is 12.6 Å². The number of nitrogens with one attached hydrogen (secondary N) is 1. The van der Waals surface area contributed by atoms with E-state index in [0.717, 1.165) is 5.56 Å². The van der Waals surface area contributed by atoms with Crippen molar-refractivity contribution in [1.82, 2.24) is 10.2 Å². The van der Waals surface area contributed by atoms with Gasteiger partial charge in [-0.2, -0.15) is 0 Å². The number of amides is 2. The zero-order valence-corrected chi connectivity index (χ0v) is 11.6. The zero-order valence-electron chi connectivity index (χ0n) is 11.6. The fourth-order valence-corrected chi connectivity index (χ4v) is 2.39. The summed E-state index contributed by atoms with van der Waals surface area (Å²) in [6.45, 7) is 6.38. The number of likely N-dealkylation sites (tertiary alicyclic amines) is 1. The molecule has 1 heterocycles. The van der Waals surface area contributed by atoms with E-state index in [-0.39, 0.29) is 30.3 Å². The van der Waals surface area contributed by atoms with Gasteiger partial charge in [0.15, 0.2) is 0 Å². The average Bonchev–Trinajstić information content (AvgIpc) is 2.63. The van der Waals surface area contributed by atoms with Crippen molar-refractivity contribution in [3.8, 4) is 0 Å². The maximum Gasteiger partial charge on any atom is 0.247 e. The summed E-state index contributed by atoms with van der Waals surface area (Å²) >= 11 is 0. The Kier molecular flexibility index (Phi) is 4.00. The summed E-state index contributed by atoms with van der Waals surface area (Å²) < 4.78 is 0. The highest BCUT2D eigenvalue weighted by Gasteiger charge is 2.39. The van der Waals surface area contributed by atoms with Crippen molar-refractivity contribution < 1.29 is 9.59 Å². The summed E-state index contributed by atoms with van der Waals surface area (Å²) in [5.74, 6) is -0.184. The molecule has 1 atom stereocenters. The van der Waals surface area contributed by atoms with Crippen LogP contribution in [0.4, 0.5) is 0 Å². The number of nitrogens with zero attached hydrogens (tertiary/aromatic N) is 1. The van der Waals surface area contributed by atoms with Crippen LogP contribution in [0.2, 0.25) is 0 Å². The number of hydrogen-bond acceptors (Lipinski definition) is 3. The Bertz CT molecular complexity index is 497. The van der Waals surface area contributed by atoms with Crippen LogP contribution in [0.1, 0.15) is 31.4 Å². The molecule has 0 spiro atoms. The second-order valence-corrected chi connectivity index (χ2v) is 5.26. The number of benzene rings is 1. The Morgan fingerprint density at radius 1 is 1.32 bits per heavy atom. The van der Waals surface area contributed by atoms with E-state index in [0.29, 0.717) is 6.54 Å². The second-order valence-electron chi connectivity index (χ2n) is 5.26. The summed E-state index contributed by atoms with van der Waals surface area (Å²) in [5.41, 5.74) is 2.35. The normalized spacial score (nSPS) is 19.6. The van der Waals surface area contributed by atoms with Crippen molar-refractivity contribution in [2.24, 2.45) is 0 Å². The van der Waals surface area contributed by atoms with Crippen LogP contribution in [0.15, 0.2) is 24.3 Å². The number of aryl methyl sites for hydroxylation is 1. The molecule has 1 N–H and O–H groups in total. The highest BCUT2D eigenvalue weighted by molar-refractivity contribution is 6.05. The number of hydrogen-bond donors (Lipinski definition) is 1. The predicted molar refractivity (Wildman–Crippen MR) is 73.4 cm³/mol. The molecule has 1 unspecified atom stereocenters. The van der Waals surface area contributed by atoms with Gasteiger partial charge in [0.05, 0.1) is 12.5 Å². The molecule has 0 radical (unpaired) electrons. The van der Waals surface area contributed by atoms with Gasteiger partial charge in [-0.15, -0.1) is 0 Å². The highest BCUT2D eigenvalue weighted by atomic mass is 16.2. The Morgan fingerprint density at radius 2 is 2.00 bits per heavy atom. The Morgan fingerprint density at radius 3 is 2.58 bits per heavy atom. The molecule has 0 aliphatic carbocycles. The lowest BCUT2D eigenvalue weighted by atomic mass is 10.1. The third-order valence-corrected chi connectivity index (χ3v) is 3.50. The summed E-state index contributed by atoms with van der Waals surface area (Å²) in [7, 11) is 0. The molecule has 1 aromatic rings. The van der Waals surface area contributed by atoms with Gasteiger partial charge in [0.1, 0.15) is 0 Å². The van der Waals surface area contributed by atoms with Gasteiger partial charge < -0.3 is 5.32 Å². The predicted octanol–water partition coefficient (Wildman–Crippen LogP) is 1.62. The molecule has 4 nitrogen and oxygen atoms in total. The van der Waals surface area contributed by atoms with Crippen molar-refractivity contribution in [2.45, 2.75) is 45.8 Å². The third kappa shape index (κ3) is 2.84. The van der Waals surface area contributed by atoms with Crippen LogP contribution in [0.25, 0.3) is 0 Å². The Hall–Kier alpha value is -1.68. The fourth-order valence-electron chi connectivity index (χ4n) is 2.39. The van der Waals surface area contributed by atoms with Crippen LogP contribution < -0.4 is 5.32 Å². The molecule has 0 bridgehead atoms. The van der Waals surface area contributed by atoms with Crippen molar-refractivity contribution in [2.75, 3.05) is 0 Å². The van der Waals surface area contributed by atoms with E-state index in [4.69, 9.17) is 0 Å². The molecule has 0 saturated carbocycles. The van der Waals surface area contributed by atoms with Crippen LogP contribution in [0.5, 0.6) is 0 Å². The topological polar surface area (TPSA) is 49.4 Å². The van der Waals surface area contributed by atoms with Crippen molar-refractivity contribution in [3.63, 3.8) is 0 Å². The van der Waals surface area contributed by atoms with Crippen LogP contribution in [-0.4, -0.2) is 28.8 Å². The van der Waals surface area contributed by atoms with E-state index < -0.39 is 0 Å². The molecule has 102 valence electrons. The molecule has 4 heteroatoms. The SMILES string of the molecule is Cc1ccccc1CNC1CC(=O)N(C(C)C)C1=O. The molecule has 19 heavy (non-hydrogen) atoms. The monoisotopic (exact) mass is 260 g/mol. The maximum atomic E-state index is 12.1. The lowest BCUT2D eigenvalue weighted by Gasteiger charge is -2.19. The lowest BCUT2D eigenvalue weighted by molar-refractivity contribution is -0.140. The Labute approximate surface area is 113 Å². The third-order valence-electron chi connectivity index (χ3n) is 3.50. The second kappa shape index (κ2) is 5.53. The molecular weight excluding hydrogens is 240 g/mol. The first-order valence-electron chi connectivity index (χ1n) is 6.64. The van der Waals surface area contributed by atoms with E-state index in [2.05, 4.69) is 5.32 Å². The molecule has 1 saturated heterocycles. The van der Waals surface area contributed by atoms with E-state index in [9.17, 15) is 9.59 Å². The van der Waals surface area contributed by atoms with Gasteiger partial charge in [-0.3, -0.25) is 14.5 Å². The number of carbonyl (C=O) groups excluding carboxylic acids is 2. The standard InChI is InChI=1S/C15H20N2O2/c1-10(2)17-14(18)8-13(15(17)19)16-9-12-7-5-4-6-11(12)3/h4-7,10,13,16H,8-9H2,1-3H3. The molecule has 1 fully saturated rings. The molecule has 2 rings (SSSR count). The molecule has 1 aromatic carbocycles. The summed E-state index contributed by atoms with van der Waals surface area (Å²) in [5, 5.41) is 3.19. The molecular formula is C15H20N2O2. The van der Waals surface area contributed by atoms with Crippen molar-refractivity contribution in [1.29, 1.82) is 0 Å². The first-order chi connectivity index (χ1) is 9.00. The van der Waals surface area contributed by atoms with Gasteiger partial charge in [-0.1, -0.05) is 24.3 Å². The summed E-state index contributed by atoms with van der Waals surface area (Å²) in [4.78, 5) is 25.2. The van der Waals surface area contributed by atoms with Gasteiger partial charge in [0.2, 0.25) is 11.8 Å². The number of rotatable bonds is 4. The van der Waals surface area contributed by atoms with E-state index >= 15 is 0 Å². The average molecular weight is 260 g/mol. The zero-order chi connectivity index (χ0) is 14.0. The van der Waals surface area contributed by atoms with Crippen LogP contribution >= 0.6 is 0 Å². The first kappa shape index (κ1) is 13.7. The minimum absolute atomic E-state index is 0.0646.